The second-order valence-electron chi connectivity index (χ2n) is 8.95. The quantitative estimate of drug-likeness (QED) is 0.368. The number of alkyl halides is 1. The zero-order valence-electron chi connectivity index (χ0n) is 19.8. The zero-order chi connectivity index (χ0) is 24.6. The highest BCUT2D eigenvalue weighted by molar-refractivity contribution is 7.99. The highest BCUT2D eigenvalue weighted by Gasteiger charge is 2.31. The number of carbonyl (C=O) groups is 1. The fourth-order valence-electron chi connectivity index (χ4n) is 4.90. The van der Waals surface area contributed by atoms with Crippen molar-refractivity contribution in [2.24, 2.45) is 11.8 Å². The summed E-state index contributed by atoms with van der Waals surface area (Å²) in [7, 11) is 1.59. The Morgan fingerprint density at radius 1 is 1.29 bits per heavy atom. The smallest absolute Gasteiger partial charge is 0.303 e. The molecule has 0 bridgehead atoms. The Morgan fingerprint density at radius 3 is 2.94 bits per heavy atom. The third-order valence-corrected chi connectivity index (χ3v) is 7.63. The molecule has 1 fully saturated rings. The van der Waals surface area contributed by atoms with E-state index in [1.54, 1.807) is 37.3 Å². The number of benzene rings is 1. The van der Waals surface area contributed by atoms with Crippen LogP contribution in [0.15, 0.2) is 53.8 Å². The molecule has 7 nitrogen and oxygen atoms in total. The SMILES string of the molecule is COc1ccc2nccc([C@@H](F)CC[C@@H]3CCN(CCSc4cccnn4)C[C@@H]3CC(=O)O)c2c1. The topological polar surface area (TPSA) is 88.4 Å². The maximum absolute atomic E-state index is 15.4. The predicted molar refractivity (Wildman–Crippen MR) is 134 cm³/mol. The first kappa shape index (κ1) is 25.3. The lowest BCUT2D eigenvalue weighted by Gasteiger charge is -2.38. The number of thioether (sulfide) groups is 1. The van der Waals surface area contributed by atoms with Crippen LogP contribution in [0.4, 0.5) is 4.39 Å². The lowest BCUT2D eigenvalue weighted by Crippen LogP contribution is -2.42. The van der Waals surface area contributed by atoms with Crippen molar-refractivity contribution in [3.05, 3.63) is 54.4 Å². The number of piperidine rings is 1. The van der Waals surface area contributed by atoms with Crippen molar-refractivity contribution >= 4 is 28.6 Å². The number of halogens is 1. The fraction of sp³-hybridized carbons (Fsp3) is 0.462. The Bertz CT molecular complexity index is 1120. The lowest BCUT2D eigenvalue weighted by atomic mass is 9.79. The van der Waals surface area contributed by atoms with Crippen LogP contribution in [0, 0.1) is 11.8 Å². The molecular weight excluding hydrogens is 467 g/mol. The molecule has 0 radical (unpaired) electrons. The van der Waals surface area contributed by atoms with Crippen molar-refractivity contribution in [2.75, 3.05) is 32.5 Å². The van der Waals surface area contributed by atoms with Crippen molar-refractivity contribution in [2.45, 2.75) is 36.9 Å². The van der Waals surface area contributed by atoms with E-state index in [9.17, 15) is 9.90 Å². The first-order valence-electron chi connectivity index (χ1n) is 11.9. The monoisotopic (exact) mass is 498 g/mol. The molecule has 0 aliphatic carbocycles. The van der Waals surface area contributed by atoms with E-state index in [1.165, 1.54) is 0 Å². The number of carboxylic acid groups (broad SMARTS) is 1. The number of methoxy groups -OCH3 is 1. The Labute approximate surface area is 209 Å². The van der Waals surface area contributed by atoms with E-state index in [1.807, 2.05) is 30.3 Å². The lowest BCUT2D eigenvalue weighted by molar-refractivity contribution is -0.139. The van der Waals surface area contributed by atoms with Gasteiger partial charge >= 0.3 is 5.97 Å². The van der Waals surface area contributed by atoms with E-state index in [4.69, 9.17) is 4.74 Å². The molecule has 9 heteroatoms. The molecule has 4 rings (SSSR count). The molecule has 1 N–H and O–H groups in total. The van der Waals surface area contributed by atoms with E-state index in [-0.39, 0.29) is 18.3 Å². The van der Waals surface area contributed by atoms with Gasteiger partial charge in [-0.2, -0.15) is 5.10 Å². The summed E-state index contributed by atoms with van der Waals surface area (Å²) in [6.07, 6.45) is 4.17. The normalized spacial score (nSPS) is 19.5. The summed E-state index contributed by atoms with van der Waals surface area (Å²) in [6.45, 7) is 2.49. The van der Waals surface area contributed by atoms with Gasteiger partial charge in [-0.1, -0.05) is 0 Å². The number of carboxylic acids is 1. The minimum Gasteiger partial charge on any atom is -0.497 e. The van der Waals surface area contributed by atoms with Crippen LogP contribution in [0.2, 0.25) is 0 Å². The van der Waals surface area contributed by atoms with Crippen LogP contribution in [0.3, 0.4) is 0 Å². The number of nitrogens with zero attached hydrogens (tertiary/aromatic N) is 4. The summed E-state index contributed by atoms with van der Waals surface area (Å²) in [5.74, 6) is 0.958. The first-order chi connectivity index (χ1) is 17.0. The van der Waals surface area contributed by atoms with Gasteiger partial charge in [-0.05, 0) is 79.6 Å². The molecule has 1 aliphatic rings. The summed E-state index contributed by atoms with van der Waals surface area (Å²) < 4.78 is 20.7. The number of pyridine rings is 1. The highest BCUT2D eigenvalue weighted by Crippen LogP contribution is 2.36. The van der Waals surface area contributed by atoms with Crippen molar-refractivity contribution in [1.29, 1.82) is 0 Å². The van der Waals surface area contributed by atoms with Gasteiger partial charge in [0.1, 0.15) is 16.9 Å². The van der Waals surface area contributed by atoms with Crippen molar-refractivity contribution in [3.8, 4) is 5.75 Å². The summed E-state index contributed by atoms with van der Waals surface area (Å²) in [4.78, 5) is 18.2. The van der Waals surface area contributed by atoms with Crippen LogP contribution in [0.5, 0.6) is 5.75 Å². The number of hydrogen-bond donors (Lipinski definition) is 1. The molecule has 186 valence electrons. The fourth-order valence-corrected chi connectivity index (χ4v) is 5.74. The Hall–Kier alpha value is -2.78. The molecule has 2 aromatic heterocycles. The molecule has 0 spiro atoms. The van der Waals surface area contributed by atoms with Crippen LogP contribution in [-0.2, 0) is 4.79 Å². The Balaban J connectivity index is 1.35. The van der Waals surface area contributed by atoms with Gasteiger partial charge in [0.15, 0.2) is 0 Å². The van der Waals surface area contributed by atoms with Gasteiger partial charge in [0.2, 0.25) is 0 Å². The summed E-state index contributed by atoms with van der Waals surface area (Å²) in [6, 6.07) is 11.0. The number of aliphatic carboxylic acids is 1. The Morgan fingerprint density at radius 2 is 2.17 bits per heavy atom. The van der Waals surface area contributed by atoms with E-state index < -0.39 is 12.1 Å². The van der Waals surface area contributed by atoms with Gasteiger partial charge < -0.3 is 14.7 Å². The van der Waals surface area contributed by atoms with E-state index in [0.717, 1.165) is 47.7 Å². The van der Waals surface area contributed by atoms with Gasteiger partial charge in [-0.15, -0.1) is 16.9 Å². The standard InChI is InChI=1S/C26H31FN4O3S/c1-34-20-5-7-24-22(16-20)21(8-11-28-24)23(27)6-4-18-9-12-31(17-19(18)15-26(32)33)13-14-35-25-3-2-10-29-30-25/h2-3,5,7-8,10-11,16,18-19,23H,4,6,9,12-15,17H2,1H3,(H,32,33)/t18-,19+,23+/m1/s1. The van der Waals surface area contributed by atoms with Gasteiger partial charge in [-0.25, -0.2) is 4.39 Å². The molecular formula is C26H31FN4O3S. The van der Waals surface area contributed by atoms with Crippen molar-refractivity contribution < 1.29 is 19.0 Å². The molecule has 0 saturated carbocycles. The largest absolute Gasteiger partial charge is 0.497 e. The van der Waals surface area contributed by atoms with Crippen molar-refractivity contribution in [1.82, 2.24) is 20.1 Å². The average molecular weight is 499 g/mol. The summed E-state index contributed by atoms with van der Waals surface area (Å²) in [5.41, 5.74) is 1.35. The molecule has 3 aromatic rings. The third kappa shape index (κ3) is 6.89. The van der Waals surface area contributed by atoms with Crippen LogP contribution >= 0.6 is 11.8 Å². The van der Waals surface area contributed by atoms with Crippen LogP contribution in [0.25, 0.3) is 10.9 Å². The third-order valence-electron chi connectivity index (χ3n) is 6.73. The number of aromatic nitrogens is 3. The second kappa shape index (κ2) is 12.3. The molecule has 0 unspecified atom stereocenters. The minimum atomic E-state index is -1.14. The molecule has 1 aromatic carbocycles. The second-order valence-corrected chi connectivity index (χ2v) is 10.1. The zero-order valence-corrected chi connectivity index (χ0v) is 20.7. The maximum Gasteiger partial charge on any atom is 0.303 e. The molecule has 1 aliphatic heterocycles. The van der Waals surface area contributed by atoms with Crippen molar-refractivity contribution in [3.63, 3.8) is 0 Å². The van der Waals surface area contributed by atoms with Gasteiger partial charge in [0.25, 0.3) is 0 Å². The average Bonchev–Trinajstić information content (AvgIpc) is 2.87. The minimum absolute atomic E-state index is 0.0178. The van der Waals surface area contributed by atoms with Crippen LogP contribution in [0.1, 0.15) is 37.4 Å². The predicted octanol–water partition coefficient (Wildman–Crippen LogP) is 5.03. The molecule has 35 heavy (non-hydrogen) atoms. The highest BCUT2D eigenvalue weighted by atomic mass is 32.2. The number of ether oxygens (including phenoxy) is 1. The number of rotatable bonds is 11. The van der Waals surface area contributed by atoms with E-state index in [2.05, 4.69) is 20.1 Å². The maximum atomic E-state index is 15.4. The van der Waals surface area contributed by atoms with Gasteiger partial charge in [0, 0.05) is 43.0 Å². The summed E-state index contributed by atoms with van der Waals surface area (Å²) in [5, 5.41) is 19.1. The van der Waals surface area contributed by atoms with Crippen LogP contribution in [-0.4, -0.2) is 63.7 Å². The molecule has 3 heterocycles. The molecule has 0 amide bonds. The number of fused-ring (bicyclic) bond motifs is 1. The molecule has 3 atom stereocenters. The Kier molecular flexibility index (Phi) is 8.87. The number of likely N-dealkylation sites (tertiary alicyclic amines) is 1. The van der Waals surface area contributed by atoms with Gasteiger partial charge in [0.05, 0.1) is 12.6 Å². The van der Waals surface area contributed by atoms with E-state index in [0.29, 0.717) is 24.2 Å². The molecule has 1 saturated heterocycles. The van der Waals surface area contributed by atoms with Gasteiger partial charge in [-0.3, -0.25) is 9.78 Å². The van der Waals surface area contributed by atoms with Crippen LogP contribution < -0.4 is 4.74 Å². The van der Waals surface area contributed by atoms with E-state index >= 15 is 4.39 Å². The first-order valence-corrected chi connectivity index (χ1v) is 12.9. The summed E-state index contributed by atoms with van der Waals surface area (Å²) >= 11 is 1.65. The number of hydrogen-bond acceptors (Lipinski definition) is 7.